The first kappa shape index (κ1) is 15.8. The van der Waals surface area contributed by atoms with E-state index in [2.05, 4.69) is 41.5 Å². The average molecular weight is 316 g/mol. The van der Waals surface area contributed by atoms with Crippen molar-refractivity contribution in [3.8, 4) is 0 Å². The van der Waals surface area contributed by atoms with E-state index in [1.807, 2.05) is 0 Å². The number of rotatable bonds is 7. The molecule has 0 atom stereocenters. The van der Waals surface area contributed by atoms with Gasteiger partial charge >= 0.3 is 111 Å². The van der Waals surface area contributed by atoms with E-state index in [0.717, 1.165) is 17.8 Å². The molecule has 0 saturated carbocycles. The van der Waals surface area contributed by atoms with Crippen LogP contribution in [-0.2, 0) is 0 Å². The van der Waals surface area contributed by atoms with Crippen molar-refractivity contribution in [2.75, 3.05) is 0 Å². The molecule has 3 radical (unpaired) electrons. The second kappa shape index (κ2) is 7.19. The summed E-state index contributed by atoms with van der Waals surface area (Å²) in [5.41, 5.74) is 0. The van der Waals surface area contributed by atoms with Crippen molar-refractivity contribution in [2.24, 2.45) is 17.8 Å². The minimum absolute atomic E-state index is 0.666. The molecule has 0 aliphatic carbocycles. The molecule has 0 bridgehead atoms. The Bertz CT molecular complexity index is 149. The van der Waals surface area contributed by atoms with E-state index < -0.39 is 0 Å². The molecule has 89 valence electrons. The summed E-state index contributed by atoms with van der Waals surface area (Å²) in [4.78, 5) is 0. The molecule has 0 aromatic rings. The monoisotopic (exact) mass is 317 g/mol. The molecule has 1 heteroatoms. The molecule has 0 nitrogen and oxygen atoms in total. The second-order valence-corrected chi connectivity index (χ2v) is 9.44. The van der Waals surface area contributed by atoms with Crippen LogP contribution in [0, 0.1) is 17.8 Å². The predicted molar refractivity (Wildman–Crippen MR) is 71.4 cm³/mol. The molecule has 0 aromatic heterocycles. The molecule has 0 aliphatic heterocycles. The third kappa shape index (κ3) is 8.59. The quantitative estimate of drug-likeness (QED) is 0.590. The van der Waals surface area contributed by atoms with Gasteiger partial charge < -0.3 is 0 Å². The Kier molecular flexibility index (Phi) is 7.57. The summed E-state index contributed by atoms with van der Waals surface area (Å²) >= 11 is 1.77. The first-order valence-electron chi connectivity index (χ1n) is 6.50. The molecule has 0 amide bonds. The summed E-state index contributed by atoms with van der Waals surface area (Å²) in [5.74, 6) is 2.58. The summed E-state index contributed by atoms with van der Waals surface area (Å²) in [5, 5.41) is 0. The molecule has 0 aromatic carbocycles. The molecule has 0 aliphatic rings. The Balaban J connectivity index is 4.26. The van der Waals surface area contributed by atoms with Crippen LogP contribution in [-0.4, -0.2) is 22.5 Å². The van der Waals surface area contributed by atoms with Crippen molar-refractivity contribution in [1.29, 1.82) is 0 Å². The number of hydrogen-bond acceptors (Lipinski definition) is 0. The zero-order chi connectivity index (χ0) is 12.1. The van der Waals surface area contributed by atoms with Gasteiger partial charge in [0.15, 0.2) is 0 Å². The standard InChI is InChI=1S/C14H29.Sn/c1-11(2)7-8-14(9-12(3)4)10-13(5)6;/h11-13H,7-10H2,1-6H3;. The van der Waals surface area contributed by atoms with Crippen LogP contribution >= 0.6 is 0 Å². The maximum absolute atomic E-state index is 2.37. The first-order valence-corrected chi connectivity index (χ1v) is 7.93. The fraction of sp³-hybridized carbons (Fsp3) is 1.00. The van der Waals surface area contributed by atoms with E-state index in [4.69, 9.17) is 0 Å². The summed E-state index contributed by atoms with van der Waals surface area (Å²) in [6.07, 6.45) is 5.70. The summed E-state index contributed by atoms with van der Waals surface area (Å²) < 4.78 is 0.666. The van der Waals surface area contributed by atoms with Crippen molar-refractivity contribution < 1.29 is 0 Å². The third-order valence-corrected chi connectivity index (χ3v) is 4.68. The van der Waals surface area contributed by atoms with Crippen LogP contribution in [0.1, 0.15) is 67.2 Å². The molecule has 0 saturated heterocycles. The van der Waals surface area contributed by atoms with E-state index in [9.17, 15) is 0 Å². The SMILES string of the molecule is CC(C)CC[C]([Sn])(CC(C)C)CC(C)C. The van der Waals surface area contributed by atoms with E-state index in [1.165, 1.54) is 25.7 Å². The van der Waals surface area contributed by atoms with Gasteiger partial charge in [-0.2, -0.15) is 0 Å². The molecule has 0 rings (SSSR count). The van der Waals surface area contributed by atoms with Gasteiger partial charge in [0.05, 0.1) is 0 Å². The van der Waals surface area contributed by atoms with Gasteiger partial charge in [-0.3, -0.25) is 0 Å². The predicted octanol–water partition coefficient (Wildman–Crippen LogP) is 4.84. The zero-order valence-electron chi connectivity index (χ0n) is 11.6. The van der Waals surface area contributed by atoms with Gasteiger partial charge in [0.25, 0.3) is 0 Å². The van der Waals surface area contributed by atoms with Gasteiger partial charge in [-0.25, -0.2) is 0 Å². The van der Waals surface area contributed by atoms with Crippen LogP contribution in [0.3, 0.4) is 0 Å². The van der Waals surface area contributed by atoms with Gasteiger partial charge in [0.1, 0.15) is 0 Å². The van der Waals surface area contributed by atoms with Crippen LogP contribution in [0.4, 0.5) is 0 Å². The molecule has 0 fully saturated rings. The van der Waals surface area contributed by atoms with Crippen LogP contribution in [0.5, 0.6) is 0 Å². The molecule has 0 unspecified atom stereocenters. The fourth-order valence-corrected chi connectivity index (χ4v) is 5.16. The Morgan fingerprint density at radius 3 is 1.47 bits per heavy atom. The van der Waals surface area contributed by atoms with Gasteiger partial charge in [0, 0.05) is 0 Å². The zero-order valence-corrected chi connectivity index (χ0v) is 14.4. The normalized spacial score (nSPS) is 13.2. The first-order chi connectivity index (χ1) is 6.75. The summed E-state index contributed by atoms with van der Waals surface area (Å²) in [6.45, 7) is 14.2. The fourth-order valence-electron chi connectivity index (χ4n) is 2.42. The van der Waals surface area contributed by atoms with Gasteiger partial charge in [-0.1, -0.05) is 0 Å². The average Bonchev–Trinajstić information content (AvgIpc) is 1.97. The van der Waals surface area contributed by atoms with Crippen molar-refractivity contribution in [3.05, 3.63) is 0 Å². The molecule has 0 spiro atoms. The Hall–Kier alpha value is 0.799. The van der Waals surface area contributed by atoms with Crippen molar-refractivity contribution in [1.82, 2.24) is 0 Å². The van der Waals surface area contributed by atoms with Gasteiger partial charge in [0.2, 0.25) is 0 Å². The second-order valence-electron chi connectivity index (χ2n) is 6.41. The van der Waals surface area contributed by atoms with Crippen LogP contribution in [0.15, 0.2) is 0 Å². The van der Waals surface area contributed by atoms with Crippen molar-refractivity contribution >= 4 is 22.5 Å². The van der Waals surface area contributed by atoms with Crippen LogP contribution in [0.2, 0.25) is 3.43 Å². The third-order valence-electron chi connectivity index (χ3n) is 2.80. The van der Waals surface area contributed by atoms with E-state index in [1.54, 1.807) is 22.5 Å². The minimum atomic E-state index is 0.666. The maximum atomic E-state index is 2.37. The van der Waals surface area contributed by atoms with Gasteiger partial charge in [-0.15, -0.1) is 0 Å². The van der Waals surface area contributed by atoms with Gasteiger partial charge in [-0.05, 0) is 0 Å². The van der Waals surface area contributed by atoms with E-state index in [-0.39, 0.29) is 0 Å². The Morgan fingerprint density at radius 1 is 0.800 bits per heavy atom. The number of hydrogen-bond donors (Lipinski definition) is 0. The van der Waals surface area contributed by atoms with Crippen LogP contribution in [0.25, 0.3) is 0 Å². The Labute approximate surface area is 111 Å². The summed E-state index contributed by atoms with van der Waals surface area (Å²) in [6, 6.07) is 0. The molecular weight excluding hydrogens is 287 g/mol. The van der Waals surface area contributed by atoms with E-state index in [0.29, 0.717) is 3.43 Å². The van der Waals surface area contributed by atoms with Crippen molar-refractivity contribution in [3.63, 3.8) is 0 Å². The Morgan fingerprint density at radius 2 is 1.20 bits per heavy atom. The topological polar surface area (TPSA) is 0 Å². The summed E-state index contributed by atoms with van der Waals surface area (Å²) in [7, 11) is 0. The molecular formula is C14H29Sn. The van der Waals surface area contributed by atoms with E-state index >= 15 is 0 Å². The van der Waals surface area contributed by atoms with Crippen LogP contribution < -0.4 is 0 Å². The van der Waals surface area contributed by atoms with Crippen molar-refractivity contribution in [2.45, 2.75) is 70.7 Å². The molecule has 0 heterocycles. The molecule has 15 heavy (non-hydrogen) atoms. The molecule has 0 N–H and O–H groups in total.